The predicted octanol–water partition coefficient (Wildman–Crippen LogP) is 3.41. The second kappa shape index (κ2) is 6.47. The van der Waals surface area contributed by atoms with Gasteiger partial charge in [0, 0.05) is 14.7 Å². The number of hydrogen-bond donors (Lipinski definition) is 2. The van der Waals surface area contributed by atoms with Crippen LogP contribution >= 0.6 is 27.3 Å². The van der Waals surface area contributed by atoms with Gasteiger partial charge in [0.15, 0.2) is 0 Å². The first-order valence-electron chi connectivity index (χ1n) is 5.66. The Morgan fingerprint density at radius 3 is 2.84 bits per heavy atom. The van der Waals surface area contributed by atoms with E-state index >= 15 is 0 Å². The summed E-state index contributed by atoms with van der Waals surface area (Å²) < 4.78 is 19.7. The molecule has 0 spiro atoms. The van der Waals surface area contributed by atoms with Crippen molar-refractivity contribution in [3.8, 4) is 5.75 Å². The second-order valence-corrected chi connectivity index (χ2v) is 5.91. The van der Waals surface area contributed by atoms with E-state index in [1.54, 1.807) is 13.2 Å². The molecule has 0 radical (unpaired) electrons. The minimum atomic E-state index is -0.238. The molecular weight excluding hydrogens is 331 g/mol. The Kier molecular flexibility index (Phi) is 4.93. The molecule has 0 aliphatic carbocycles. The normalized spacial score (nSPS) is 12.4. The van der Waals surface area contributed by atoms with E-state index in [9.17, 15) is 4.39 Å². The van der Waals surface area contributed by atoms with Crippen molar-refractivity contribution in [3.63, 3.8) is 0 Å². The second-order valence-electron chi connectivity index (χ2n) is 4.05. The van der Waals surface area contributed by atoms with E-state index in [0.717, 1.165) is 15.1 Å². The molecule has 2 aromatic rings. The molecule has 1 atom stereocenters. The van der Waals surface area contributed by atoms with Gasteiger partial charge in [0.2, 0.25) is 0 Å². The van der Waals surface area contributed by atoms with Gasteiger partial charge in [0.1, 0.15) is 11.6 Å². The summed E-state index contributed by atoms with van der Waals surface area (Å²) in [7, 11) is 1.62. The van der Waals surface area contributed by atoms with Crippen molar-refractivity contribution in [3.05, 3.63) is 50.4 Å². The average molecular weight is 345 g/mol. The van der Waals surface area contributed by atoms with Gasteiger partial charge in [0.25, 0.3) is 0 Å². The fraction of sp³-hybridized carbons (Fsp3) is 0.231. The van der Waals surface area contributed by atoms with E-state index in [2.05, 4.69) is 21.4 Å². The van der Waals surface area contributed by atoms with Crippen LogP contribution in [0.3, 0.4) is 0 Å². The SMILES string of the molecule is COc1csc(C(Cc2ccc(Br)cc2F)NN)c1. The summed E-state index contributed by atoms with van der Waals surface area (Å²) in [6, 6.07) is 6.81. The molecule has 1 aromatic heterocycles. The van der Waals surface area contributed by atoms with Crippen LogP contribution in [0.1, 0.15) is 16.5 Å². The van der Waals surface area contributed by atoms with Crippen molar-refractivity contribution in [2.75, 3.05) is 7.11 Å². The summed E-state index contributed by atoms with van der Waals surface area (Å²) in [4.78, 5) is 1.02. The molecule has 0 saturated carbocycles. The van der Waals surface area contributed by atoms with Crippen LogP contribution in [0.2, 0.25) is 0 Å². The average Bonchev–Trinajstić information content (AvgIpc) is 2.86. The zero-order chi connectivity index (χ0) is 13.8. The highest BCUT2D eigenvalue weighted by molar-refractivity contribution is 9.10. The van der Waals surface area contributed by atoms with Crippen LogP contribution in [0.25, 0.3) is 0 Å². The number of hydrogen-bond acceptors (Lipinski definition) is 4. The van der Waals surface area contributed by atoms with Gasteiger partial charge < -0.3 is 4.74 Å². The van der Waals surface area contributed by atoms with Crippen molar-refractivity contribution in [2.24, 2.45) is 5.84 Å². The fourth-order valence-corrected chi connectivity index (χ4v) is 3.02. The molecule has 0 bridgehead atoms. The summed E-state index contributed by atoms with van der Waals surface area (Å²) in [5, 5.41) is 1.90. The molecule has 0 fully saturated rings. The van der Waals surface area contributed by atoms with Crippen molar-refractivity contribution in [1.29, 1.82) is 0 Å². The third-order valence-electron chi connectivity index (χ3n) is 2.82. The number of nitrogens with one attached hydrogen (secondary N) is 1. The molecule has 0 saturated heterocycles. The van der Waals surface area contributed by atoms with Crippen molar-refractivity contribution in [1.82, 2.24) is 5.43 Å². The fourth-order valence-electron chi connectivity index (χ4n) is 1.77. The third-order valence-corrected chi connectivity index (χ3v) is 4.33. The highest BCUT2D eigenvalue weighted by atomic mass is 79.9. The van der Waals surface area contributed by atoms with Gasteiger partial charge in [-0.15, -0.1) is 11.3 Å². The quantitative estimate of drug-likeness (QED) is 0.645. The van der Waals surface area contributed by atoms with E-state index in [0.29, 0.717) is 12.0 Å². The van der Waals surface area contributed by atoms with Crippen molar-refractivity contribution >= 4 is 27.3 Å². The van der Waals surface area contributed by atoms with Gasteiger partial charge in [-0.1, -0.05) is 22.0 Å². The zero-order valence-electron chi connectivity index (χ0n) is 10.3. The van der Waals surface area contributed by atoms with Crippen LogP contribution in [0.15, 0.2) is 34.1 Å². The lowest BCUT2D eigenvalue weighted by atomic mass is 10.0. The van der Waals surface area contributed by atoms with Crippen molar-refractivity contribution in [2.45, 2.75) is 12.5 Å². The molecule has 6 heteroatoms. The summed E-state index contributed by atoms with van der Waals surface area (Å²) in [5.41, 5.74) is 3.35. The number of rotatable bonds is 5. The summed E-state index contributed by atoms with van der Waals surface area (Å²) in [6.45, 7) is 0. The Morgan fingerprint density at radius 2 is 2.26 bits per heavy atom. The third kappa shape index (κ3) is 3.54. The first-order chi connectivity index (χ1) is 9.13. The molecule has 19 heavy (non-hydrogen) atoms. The molecule has 102 valence electrons. The lowest BCUT2D eigenvalue weighted by Gasteiger charge is -2.14. The van der Waals surface area contributed by atoms with Gasteiger partial charge >= 0.3 is 0 Å². The smallest absolute Gasteiger partial charge is 0.129 e. The maximum absolute atomic E-state index is 13.8. The predicted molar refractivity (Wildman–Crippen MR) is 78.7 cm³/mol. The number of thiophene rings is 1. The zero-order valence-corrected chi connectivity index (χ0v) is 12.7. The summed E-state index contributed by atoms with van der Waals surface area (Å²) in [6.07, 6.45) is 0.485. The molecule has 1 heterocycles. The van der Waals surface area contributed by atoms with Crippen molar-refractivity contribution < 1.29 is 9.13 Å². The standard InChI is InChI=1S/C13H14BrFN2OS/c1-18-10-6-13(19-7-10)12(17-16)4-8-2-3-9(14)5-11(8)15/h2-3,5-7,12,17H,4,16H2,1H3. The van der Waals surface area contributed by atoms with E-state index in [1.165, 1.54) is 17.4 Å². The molecule has 1 unspecified atom stereocenters. The Hall–Kier alpha value is -0.950. The van der Waals surface area contributed by atoms with Gasteiger partial charge in [0.05, 0.1) is 13.2 Å². The molecule has 1 aromatic carbocycles. The van der Waals surface area contributed by atoms with Gasteiger partial charge in [-0.3, -0.25) is 11.3 Å². The van der Waals surface area contributed by atoms with Gasteiger partial charge in [-0.25, -0.2) is 4.39 Å². The largest absolute Gasteiger partial charge is 0.496 e. The molecule has 0 aliphatic rings. The number of methoxy groups -OCH3 is 1. The Balaban J connectivity index is 2.18. The Morgan fingerprint density at radius 1 is 1.47 bits per heavy atom. The van der Waals surface area contributed by atoms with Gasteiger partial charge in [-0.2, -0.15) is 0 Å². The molecule has 3 N–H and O–H groups in total. The summed E-state index contributed by atoms with van der Waals surface area (Å²) >= 11 is 4.78. The highest BCUT2D eigenvalue weighted by Crippen LogP contribution is 2.29. The monoisotopic (exact) mass is 344 g/mol. The molecule has 0 aliphatic heterocycles. The van der Waals surface area contributed by atoms with E-state index in [-0.39, 0.29) is 11.9 Å². The lowest BCUT2D eigenvalue weighted by Crippen LogP contribution is -2.29. The maximum atomic E-state index is 13.8. The van der Waals surface area contributed by atoms with Gasteiger partial charge in [-0.05, 0) is 30.2 Å². The number of halogens is 2. The number of benzene rings is 1. The Bertz CT molecular complexity index is 561. The van der Waals surface area contributed by atoms with E-state index in [4.69, 9.17) is 10.6 Å². The van der Waals surface area contributed by atoms with Crippen LogP contribution in [0.5, 0.6) is 5.75 Å². The highest BCUT2D eigenvalue weighted by Gasteiger charge is 2.15. The first kappa shape index (κ1) is 14.5. The molecule has 3 nitrogen and oxygen atoms in total. The number of ether oxygens (including phenoxy) is 1. The van der Waals surface area contributed by atoms with E-state index < -0.39 is 0 Å². The first-order valence-corrected chi connectivity index (χ1v) is 7.33. The van der Waals surface area contributed by atoms with Crippen LogP contribution in [0.4, 0.5) is 4.39 Å². The van der Waals surface area contributed by atoms with Crippen LogP contribution in [0, 0.1) is 5.82 Å². The minimum Gasteiger partial charge on any atom is -0.496 e. The van der Waals surface area contributed by atoms with Crippen LogP contribution in [-0.2, 0) is 6.42 Å². The Labute approximate surface area is 123 Å². The minimum absolute atomic E-state index is 0.135. The van der Waals surface area contributed by atoms with Crippen LogP contribution in [-0.4, -0.2) is 7.11 Å². The maximum Gasteiger partial charge on any atom is 0.129 e. The molecular formula is C13H14BrFN2OS. The van der Waals surface area contributed by atoms with Crippen LogP contribution < -0.4 is 16.0 Å². The van der Waals surface area contributed by atoms with E-state index in [1.807, 2.05) is 17.5 Å². The number of hydrazine groups is 1. The molecule has 2 rings (SSSR count). The number of nitrogens with two attached hydrogens (primary N) is 1. The molecule has 0 amide bonds. The lowest BCUT2D eigenvalue weighted by molar-refractivity contribution is 0.415. The summed E-state index contributed by atoms with van der Waals surface area (Å²) in [5.74, 6) is 6.12. The topological polar surface area (TPSA) is 47.3 Å².